The van der Waals surface area contributed by atoms with E-state index >= 15 is 0 Å². The van der Waals surface area contributed by atoms with Gasteiger partial charge in [0.05, 0.1) is 18.7 Å². The zero-order valence-electron chi connectivity index (χ0n) is 22.7. The molecule has 2 aromatic rings. The van der Waals surface area contributed by atoms with Crippen molar-refractivity contribution in [2.75, 3.05) is 58.3 Å². The maximum absolute atomic E-state index is 13.7. The molecule has 2 heterocycles. The third kappa shape index (κ3) is 7.32. The molecule has 3 aliphatic rings. The number of carbonyl (C=O) groups excluding carboxylic acids is 1. The highest BCUT2D eigenvalue weighted by molar-refractivity contribution is 5.81. The summed E-state index contributed by atoms with van der Waals surface area (Å²) in [6, 6.07) is 12.0. The third-order valence-electron chi connectivity index (χ3n) is 8.28. The van der Waals surface area contributed by atoms with E-state index in [4.69, 9.17) is 4.74 Å². The molecule has 5 rings (SSSR count). The number of amides is 1. The number of hydrogen-bond donors (Lipinski definition) is 1. The van der Waals surface area contributed by atoms with Crippen LogP contribution < -0.4 is 5.32 Å². The SMILES string of the molecule is CN(CCN(Cc1ccccc1C(F)(F)F)C(=O)CNc1cccc2c1CCN(CC1CC1)C2)C1CCOC1. The van der Waals surface area contributed by atoms with Crippen LogP contribution in [0.4, 0.5) is 18.9 Å². The Labute approximate surface area is 229 Å². The lowest BCUT2D eigenvalue weighted by Gasteiger charge is -2.31. The Hall–Kier alpha value is -2.62. The van der Waals surface area contributed by atoms with Crippen molar-refractivity contribution in [2.45, 2.75) is 51.0 Å². The van der Waals surface area contributed by atoms with Gasteiger partial charge < -0.3 is 15.0 Å². The fourth-order valence-corrected chi connectivity index (χ4v) is 5.70. The fraction of sp³-hybridized carbons (Fsp3) is 0.567. The van der Waals surface area contributed by atoms with Crippen LogP contribution in [0.1, 0.15) is 41.5 Å². The maximum atomic E-state index is 13.7. The van der Waals surface area contributed by atoms with Gasteiger partial charge in [-0.2, -0.15) is 13.2 Å². The Kier molecular flexibility index (Phi) is 8.79. The molecule has 0 radical (unpaired) electrons. The number of likely N-dealkylation sites (N-methyl/N-ethyl adjacent to an activating group) is 1. The molecule has 1 amide bonds. The predicted octanol–water partition coefficient (Wildman–Crippen LogP) is 4.63. The van der Waals surface area contributed by atoms with Crippen LogP contribution in [0.15, 0.2) is 42.5 Å². The molecule has 2 fully saturated rings. The van der Waals surface area contributed by atoms with Crippen LogP contribution in [0.5, 0.6) is 0 Å². The second kappa shape index (κ2) is 12.3. The monoisotopic (exact) mass is 544 g/mol. The van der Waals surface area contributed by atoms with Gasteiger partial charge >= 0.3 is 6.18 Å². The van der Waals surface area contributed by atoms with E-state index in [0.29, 0.717) is 26.3 Å². The fourth-order valence-electron chi connectivity index (χ4n) is 5.70. The maximum Gasteiger partial charge on any atom is 0.416 e. The summed E-state index contributed by atoms with van der Waals surface area (Å²) >= 11 is 0. The molecule has 1 saturated carbocycles. The van der Waals surface area contributed by atoms with Gasteiger partial charge in [-0.1, -0.05) is 30.3 Å². The number of benzene rings is 2. The molecule has 0 aromatic heterocycles. The number of anilines is 1. The first kappa shape index (κ1) is 27.9. The first-order chi connectivity index (χ1) is 18.8. The molecule has 6 nitrogen and oxygen atoms in total. The molecule has 2 aromatic carbocycles. The molecule has 9 heteroatoms. The summed E-state index contributed by atoms with van der Waals surface area (Å²) in [6.07, 6.45) is 0.0386. The van der Waals surface area contributed by atoms with E-state index in [0.717, 1.165) is 50.1 Å². The molecule has 1 N–H and O–H groups in total. The first-order valence-corrected chi connectivity index (χ1v) is 14.1. The highest BCUT2D eigenvalue weighted by atomic mass is 19.4. The number of hydrogen-bond acceptors (Lipinski definition) is 5. The lowest BCUT2D eigenvalue weighted by atomic mass is 9.97. The number of alkyl halides is 3. The van der Waals surface area contributed by atoms with Crippen molar-refractivity contribution in [3.63, 3.8) is 0 Å². The van der Waals surface area contributed by atoms with Crippen molar-refractivity contribution >= 4 is 11.6 Å². The quantitative estimate of drug-likeness (QED) is 0.447. The molecule has 1 unspecified atom stereocenters. The van der Waals surface area contributed by atoms with Crippen LogP contribution >= 0.6 is 0 Å². The summed E-state index contributed by atoms with van der Waals surface area (Å²) in [7, 11) is 1.98. The van der Waals surface area contributed by atoms with Gasteiger partial charge in [0.2, 0.25) is 5.91 Å². The third-order valence-corrected chi connectivity index (χ3v) is 8.28. The molecule has 1 saturated heterocycles. The minimum atomic E-state index is -4.47. The van der Waals surface area contributed by atoms with Crippen molar-refractivity contribution in [2.24, 2.45) is 5.92 Å². The van der Waals surface area contributed by atoms with Crippen LogP contribution in [0.25, 0.3) is 0 Å². The minimum absolute atomic E-state index is 0.0344. The van der Waals surface area contributed by atoms with Gasteiger partial charge in [-0.25, -0.2) is 0 Å². The largest absolute Gasteiger partial charge is 0.416 e. The molecular formula is C30H39F3N4O2. The Balaban J connectivity index is 1.27. The lowest BCUT2D eigenvalue weighted by Crippen LogP contribution is -2.43. The van der Waals surface area contributed by atoms with Gasteiger partial charge in [0, 0.05) is 57.6 Å². The number of nitrogens with zero attached hydrogens (tertiary/aromatic N) is 3. The number of nitrogens with one attached hydrogen (secondary N) is 1. The van der Waals surface area contributed by atoms with Crippen LogP contribution in [-0.2, 0) is 35.2 Å². The summed E-state index contributed by atoms with van der Waals surface area (Å²) in [4.78, 5) is 19.7. The topological polar surface area (TPSA) is 48.0 Å². The predicted molar refractivity (Wildman–Crippen MR) is 145 cm³/mol. The zero-order valence-corrected chi connectivity index (χ0v) is 22.7. The number of rotatable bonds is 11. The van der Waals surface area contributed by atoms with E-state index in [1.54, 1.807) is 11.0 Å². The van der Waals surface area contributed by atoms with Crippen molar-refractivity contribution in [3.05, 3.63) is 64.7 Å². The Bertz CT molecular complexity index is 1130. The second-order valence-electron chi connectivity index (χ2n) is 11.2. The van der Waals surface area contributed by atoms with E-state index < -0.39 is 11.7 Å². The second-order valence-corrected chi connectivity index (χ2v) is 11.2. The smallest absolute Gasteiger partial charge is 0.380 e. The van der Waals surface area contributed by atoms with Gasteiger partial charge in [-0.15, -0.1) is 0 Å². The van der Waals surface area contributed by atoms with E-state index in [9.17, 15) is 18.0 Å². The van der Waals surface area contributed by atoms with Gasteiger partial charge in [-0.05, 0) is 67.5 Å². The van der Waals surface area contributed by atoms with E-state index in [2.05, 4.69) is 21.2 Å². The standard InChI is InChI=1S/C30H39F3N4O2/c1-35(25-12-16-39-21-25)14-15-37(20-24-5-2-3-7-27(24)30(31,32)33)29(38)17-34-28-8-4-6-23-19-36(13-11-26(23)28)18-22-9-10-22/h2-8,22,25,34H,9-21H2,1H3. The normalized spacial score (nSPS) is 19.8. The summed E-state index contributed by atoms with van der Waals surface area (Å²) in [5.41, 5.74) is 2.89. The number of halogens is 3. The molecule has 1 atom stereocenters. The number of ether oxygens (including phenoxy) is 1. The van der Waals surface area contributed by atoms with E-state index in [1.807, 2.05) is 19.2 Å². The molecule has 212 valence electrons. The van der Waals surface area contributed by atoms with Gasteiger partial charge in [0.15, 0.2) is 0 Å². The van der Waals surface area contributed by atoms with Gasteiger partial charge in [-0.3, -0.25) is 14.6 Å². The summed E-state index contributed by atoms with van der Waals surface area (Å²) in [6.45, 7) is 5.28. The van der Waals surface area contributed by atoms with Crippen LogP contribution in [-0.4, -0.2) is 79.6 Å². The molecule has 0 spiro atoms. The van der Waals surface area contributed by atoms with Crippen molar-refractivity contribution in [1.29, 1.82) is 0 Å². The molecular weight excluding hydrogens is 505 g/mol. The molecule has 1 aliphatic carbocycles. The van der Waals surface area contributed by atoms with E-state index in [1.165, 1.54) is 36.1 Å². The summed E-state index contributed by atoms with van der Waals surface area (Å²) in [5, 5.41) is 3.33. The molecule has 39 heavy (non-hydrogen) atoms. The van der Waals surface area contributed by atoms with Crippen LogP contribution in [0.3, 0.4) is 0 Å². The Morgan fingerprint density at radius 3 is 2.67 bits per heavy atom. The van der Waals surface area contributed by atoms with Crippen molar-refractivity contribution in [1.82, 2.24) is 14.7 Å². The summed E-state index contributed by atoms with van der Waals surface area (Å²) < 4.78 is 46.6. The van der Waals surface area contributed by atoms with Gasteiger partial charge in [0.1, 0.15) is 0 Å². The summed E-state index contributed by atoms with van der Waals surface area (Å²) in [5.74, 6) is 0.631. The van der Waals surface area contributed by atoms with Crippen LogP contribution in [0, 0.1) is 5.92 Å². The Morgan fingerprint density at radius 2 is 1.92 bits per heavy atom. The highest BCUT2D eigenvalue weighted by Gasteiger charge is 2.34. The highest BCUT2D eigenvalue weighted by Crippen LogP contribution is 2.34. The number of carbonyl (C=O) groups is 1. The minimum Gasteiger partial charge on any atom is -0.380 e. The van der Waals surface area contributed by atoms with Crippen LogP contribution in [0.2, 0.25) is 0 Å². The molecule has 2 aliphatic heterocycles. The zero-order chi connectivity index (χ0) is 27.4. The first-order valence-electron chi connectivity index (χ1n) is 14.1. The molecule has 0 bridgehead atoms. The number of fused-ring (bicyclic) bond motifs is 1. The van der Waals surface area contributed by atoms with Crippen molar-refractivity contribution < 1.29 is 22.7 Å². The van der Waals surface area contributed by atoms with E-state index in [-0.39, 0.29) is 30.6 Å². The lowest BCUT2D eigenvalue weighted by molar-refractivity contribution is -0.139. The van der Waals surface area contributed by atoms with Gasteiger partial charge in [0.25, 0.3) is 0 Å². The van der Waals surface area contributed by atoms with Crippen molar-refractivity contribution in [3.8, 4) is 0 Å². The Morgan fingerprint density at radius 1 is 1.10 bits per heavy atom. The average Bonchev–Trinajstić information content (AvgIpc) is 3.56. The average molecular weight is 545 g/mol.